The van der Waals surface area contributed by atoms with Gasteiger partial charge in [0.05, 0.1) is 11.1 Å². The Morgan fingerprint density at radius 2 is 1.57 bits per heavy atom. The number of hydrogen-bond donors (Lipinski definition) is 1. The molecule has 0 aliphatic carbocycles. The van der Waals surface area contributed by atoms with E-state index < -0.39 is 0 Å². The van der Waals surface area contributed by atoms with Crippen molar-refractivity contribution in [3.63, 3.8) is 0 Å². The Bertz CT molecular complexity index is 934. The largest absolute Gasteiger partial charge is 0.484 e. The maximum Gasteiger partial charge on any atom is 0.261 e. The molecule has 156 valence electrons. The quantitative estimate of drug-likeness (QED) is 0.674. The van der Waals surface area contributed by atoms with Crippen LogP contribution in [0.4, 0.5) is 5.69 Å². The molecule has 0 unspecified atom stereocenters. The maximum atomic E-state index is 12.3. The van der Waals surface area contributed by atoms with Gasteiger partial charge in [-0.3, -0.25) is 24.1 Å². The molecule has 0 saturated carbocycles. The van der Waals surface area contributed by atoms with E-state index in [9.17, 15) is 19.2 Å². The highest BCUT2D eigenvalue weighted by Gasteiger charge is 2.34. The van der Waals surface area contributed by atoms with Crippen molar-refractivity contribution in [2.24, 2.45) is 0 Å². The van der Waals surface area contributed by atoms with Crippen LogP contribution in [0.2, 0.25) is 0 Å². The van der Waals surface area contributed by atoms with Crippen molar-refractivity contribution >= 4 is 29.3 Å². The van der Waals surface area contributed by atoms with Crippen LogP contribution in [0, 0.1) is 0 Å². The van der Waals surface area contributed by atoms with E-state index in [1.807, 2.05) is 0 Å². The first-order valence-corrected chi connectivity index (χ1v) is 9.55. The topological polar surface area (TPSA) is 96.0 Å². The minimum absolute atomic E-state index is 0.0590. The van der Waals surface area contributed by atoms with E-state index in [1.165, 1.54) is 9.80 Å². The lowest BCUT2D eigenvalue weighted by atomic mass is 10.1. The fourth-order valence-electron chi connectivity index (χ4n) is 2.97. The van der Waals surface area contributed by atoms with Gasteiger partial charge in [0.2, 0.25) is 5.91 Å². The van der Waals surface area contributed by atoms with Gasteiger partial charge in [0.15, 0.2) is 6.61 Å². The van der Waals surface area contributed by atoms with Gasteiger partial charge in [-0.05, 0) is 42.8 Å². The number of carbonyl (C=O) groups is 4. The summed E-state index contributed by atoms with van der Waals surface area (Å²) in [6, 6.07) is 13.4. The number of nitrogens with zero attached hydrogens (tertiary/aromatic N) is 2. The van der Waals surface area contributed by atoms with E-state index in [0.29, 0.717) is 29.0 Å². The number of carbonyl (C=O) groups excluding carboxylic acids is 4. The molecule has 1 heterocycles. The van der Waals surface area contributed by atoms with Crippen molar-refractivity contribution in [3.8, 4) is 5.75 Å². The number of rotatable bonds is 8. The van der Waals surface area contributed by atoms with Gasteiger partial charge < -0.3 is 15.0 Å². The van der Waals surface area contributed by atoms with Gasteiger partial charge in [0.1, 0.15) is 5.75 Å². The van der Waals surface area contributed by atoms with Crippen LogP contribution in [-0.2, 0) is 9.59 Å². The molecule has 0 atom stereocenters. The molecule has 8 nitrogen and oxygen atoms in total. The Morgan fingerprint density at radius 1 is 0.967 bits per heavy atom. The second kappa shape index (κ2) is 9.21. The summed E-state index contributed by atoms with van der Waals surface area (Å²) in [5, 5.41) is 2.76. The fourth-order valence-corrected chi connectivity index (χ4v) is 2.97. The minimum atomic E-state index is -0.320. The summed E-state index contributed by atoms with van der Waals surface area (Å²) in [6.07, 6.45) is 0.536. The van der Waals surface area contributed by atoms with E-state index in [-0.39, 0.29) is 43.2 Å². The number of hydrogen-bond acceptors (Lipinski definition) is 5. The third kappa shape index (κ3) is 4.83. The molecule has 0 radical (unpaired) electrons. The van der Waals surface area contributed by atoms with Crippen LogP contribution in [0.15, 0.2) is 48.5 Å². The molecule has 0 spiro atoms. The highest BCUT2D eigenvalue weighted by atomic mass is 16.5. The fraction of sp³-hybridized carbons (Fsp3) is 0.273. The van der Waals surface area contributed by atoms with Crippen molar-refractivity contribution in [2.75, 3.05) is 32.6 Å². The molecule has 30 heavy (non-hydrogen) atoms. The SMILES string of the molecule is CN(C)C(=O)COc1ccc(NC(=O)CCCN2C(=O)c3ccccc3C2=O)cc1. The van der Waals surface area contributed by atoms with Crippen molar-refractivity contribution in [3.05, 3.63) is 59.7 Å². The third-order valence-corrected chi connectivity index (χ3v) is 4.66. The van der Waals surface area contributed by atoms with Crippen molar-refractivity contribution in [1.82, 2.24) is 9.80 Å². The number of likely N-dealkylation sites (N-methyl/N-ethyl adjacent to an activating group) is 1. The van der Waals surface area contributed by atoms with Crippen molar-refractivity contribution in [2.45, 2.75) is 12.8 Å². The highest BCUT2D eigenvalue weighted by molar-refractivity contribution is 6.21. The average molecular weight is 409 g/mol. The molecule has 4 amide bonds. The average Bonchev–Trinajstić information content (AvgIpc) is 2.98. The van der Waals surface area contributed by atoms with Gasteiger partial charge in [0.25, 0.3) is 17.7 Å². The lowest BCUT2D eigenvalue weighted by Crippen LogP contribution is -2.31. The number of benzene rings is 2. The maximum absolute atomic E-state index is 12.3. The van der Waals surface area contributed by atoms with Gasteiger partial charge in [-0.25, -0.2) is 0 Å². The number of amides is 4. The predicted octanol–water partition coefficient (Wildman–Crippen LogP) is 2.17. The lowest BCUT2D eigenvalue weighted by Gasteiger charge is -2.13. The Hall–Kier alpha value is -3.68. The molecule has 1 aliphatic heterocycles. The van der Waals surface area contributed by atoms with Crippen molar-refractivity contribution in [1.29, 1.82) is 0 Å². The first kappa shape index (κ1) is 21.0. The molecule has 0 saturated heterocycles. The summed E-state index contributed by atoms with van der Waals surface area (Å²) in [7, 11) is 3.30. The third-order valence-electron chi connectivity index (χ3n) is 4.66. The van der Waals surface area contributed by atoms with Gasteiger partial charge in [-0.15, -0.1) is 0 Å². The van der Waals surface area contributed by atoms with E-state index in [4.69, 9.17) is 4.74 Å². The normalized spacial score (nSPS) is 12.5. The van der Waals surface area contributed by atoms with Crippen LogP contribution < -0.4 is 10.1 Å². The molecule has 3 rings (SSSR count). The summed E-state index contributed by atoms with van der Waals surface area (Å²) in [5.41, 5.74) is 1.40. The van der Waals surface area contributed by atoms with Crippen LogP contribution >= 0.6 is 0 Å². The molecular formula is C22H23N3O5. The molecule has 1 aliphatic rings. The Morgan fingerprint density at radius 3 is 2.13 bits per heavy atom. The van der Waals surface area contributed by atoms with Gasteiger partial charge in [0, 0.05) is 32.7 Å². The molecule has 0 aromatic heterocycles. The van der Waals surface area contributed by atoms with Gasteiger partial charge >= 0.3 is 0 Å². The molecule has 2 aromatic carbocycles. The number of nitrogens with one attached hydrogen (secondary N) is 1. The zero-order valence-electron chi connectivity index (χ0n) is 16.9. The molecule has 0 fully saturated rings. The molecule has 0 bridgehead atoms. The van der Waals surface area contributed by atoms with E-state index >= 15 is 0 Å². The van der Waals surface area contributed by atoms with Crippen LogP contribution in [-0.4, -0.2) is 60.7 Å². The number of fused-ring (bicyclic) bond motifs is 1. The first-order valence-electron chi connectivity index (χ1n) is 9.55. The standard InChI is InChI=1S/C22H23N3O5/c1-24(2)20(27)14-30-16-11-9-15(10-12-16)23-19(26)8-5-13-25-21(28)17-6-3-4-7-18(17)22(25)29/h3-4,6-7,9-12H,5,8,13-14H2,1-2H3,(H,23,26). The van der Waals surface area contributed by atoms with Crippen LogP contribution in [0.1, 0.15) is 33.6 Å². The first-order chi connectivity index (χ1) is 14.4. The smallest absolute Gasteiger partial charge is 0.261 e. The van der Waals surface area contributed by atoms with Crippen molar-refractivity contribution < 1.29 is 23.9 Å². The Labute approximate surface area is 174 Å². The summed E-state index contributed by atoms with van der Waals surface area (Å²) in [6.45, 7) is 0.128. The van der Waals surface area contributed by atoms with Gasteiger partial charge in [-0.1, -0.05) is 12.1 Å². The molecule has 1 N–H and O–H groups in total. The second-order valence-electron chi connectivity index (χ2n) is 7.06. The summed E-state index contributed by atoms with van der Waals surface area (Å²) >= 11 is 0. The predicted molar refractivity (Wildman–Crippen MR) is 110 cm³/mol. The number of imide groups is 1. The van der Waals surface area contributed by atoms with Crippen LogP contribution in [0.5, 0.6) is 5.75 Å². The van der Waals surface area contributed by atoms with Crippen LogP contribution in [0.25, 0.3) is 0 Å². The monoisotopic (exact) mass is 409 g/mol. The molecule has 2 aromatic rings. The van der Waals surface area contributed by atoms with E-state index in [1.54, 1.807) is 62.6 Å². The minimum Gasteiger partial charge on any atom is -0.484 e. The lowest BCUT2D eigenvalue weighted by molar-refractivity contribution is -0.130. The Balaban J connectivity index is 1.44. The molecular weight excluding hydrogens is 386 g/mol. The van der Waals surface area contributed by atoms with Crippen LogP contribution in [0.3, 0.4) is 0 Å². The molecule has 8 heteroatoms. The van der Waals surface area contributed by atoms with Gasteiger partial charge in [-0.2, -0.15) is 0 Å². The summed E-state index contributed by atoms with van der Waals surface area (Å²) < 4.78 is 5.38. The Kier molecular flexibility index (Phi) is 6.46. The second-order valence-corrected chi connectivity index (χ2v) is 7.06. The zero-order valence-corrected chi connectivity index (χ0v) is 16.9. The van der Waals surface area contributed by atoms with E-state index in [2.05, 4.69) is 5.32 Å². The number of anilines is 1. The summed E-state index contributed by atoms with van der Waals surface area (Å²) in [5.74, 6) is -0.485. The number of ether oxygens (including phenoxy) is 1. The van der Waals surface area contributed by atoms with E-state index in [0.717, 1.165) is 0 Å². The summed E-state index contributed by atoms with van der Waals surface area (Å²) in [4.78, 5) is 50.9. The highest BCUT2D eigenvalue weighted by Crippen LogP contribution is 2.22. The zero-order chi connectivity index (χ0) is 21.7.